The van der Waals surface area contributed by atoms with Gasteiger partial charge in [-0.15, -0.1) is 0 Å². The second-order valence-corrected chi connectivity index (χ2v) is 7.29. The van der Waals surface area contributed by atoms with Crippen LogP contribution in [0.5, 0.6) is 0 Å². The van der Waals surface area contributed by atoms with Gasteiger partial charge in [0.1, 0.15) is 11.6 Å². The molecule has 0 aliphatic carbocycles. The molecule has 9 nitrogen and oxygen atoms in total. The number of aryl methyl sites for hydroxylation is 1. The van der Waals surface area contributed by atoms with Crippen molar-refractivity contribution in [1.82, 2.24) is 24.6 Å². The number of piperazine rings is 1. The smallest absolute Gasteiger partial charge is 0.409 e. The third kappa shape index (κ3) is 3.58. The Hall–Kier alpha value is -3.14. The van der Waals surface area contributed by atoms with Gasteiger partial charge in [-0.25, -0.2) is 14.2 Å². The number of anilines is 2. The minimum Gasteiger partial charge on any atom is -0.450 e. The summed E-state index contributed by atoms with van der Waals surface area (Å²) in [6, 6.07) is 4.39. The van der Waals surface area contributed by atoms with Crippen molar-refractivity contribution in [2.24, 2.45) is 7.05 Å². The number of aromatic nitrogens is 4. The van der Waals surface area contributed by atoms with Gasteiger partial charge in [0.25, 0.3) is 0 Å². The fourth-order valence-corrected chi connectivity index (χ4v) is 3.58. The molecule has 1 amide bonds. The number of halogens is 2. The second-order valence-electron chi connectivity index (χ2n) is 6.88. The molecule has 3 aromatic rings. The zero-order chi connectivity index (χ0) is 21.4. The third-order valence-corrected chi connectivity index (χ3v) is 5.30. The molecule has 158 valence electrons. The number of hydrogen-bond acceptors (Lipinski definition) is 7. The van der Waals surface area contributed by atoms with Crippen LogP contribution in [0.15, 0.2) is 18.2 Å². The van der Waals surface area contributed by atoms with Crippen molar-refractivity contribution in [3.05, 3.63) is 29.0 Å². The Bertz CT molecular complexity index is 1110. The van der Waals surface area contributed by atoms with Gasteiger partial charge in [0.2, 0.25) is 5.95 Å². The normalized spacial score (nSPS) is 14.4. The highest BCUT2D eigenvalue weighted by atomic mass is 35.5. The molecule has 0 radical (unpaired) electrons. The summed E-state index contributed by atoms with van der Waals surface area (Å²) in [6.45, 7) is 4.17. The standard InChI is InChI=1S/C19H21ClFN7O2/c1-3-30-19(29)28-8-6-27(7-9-28)18-23-15(11-4-5-13(21)12(20)10-11)14-16(22)26(2)25-17(14)24-18/h4-5,10H,3,6-9,22H2,1-2H3. The maximum Gasteiger partial charge on any atom is 0.409 e. The zero-order valence-corrected chi connectivity index (χ0v) is 17.4. The number of nitrogen functional groups attached to an aromatic ring is 1. The summed E-state index contributed by atoms with van der Waals surface area (Å²) in [5, 5.41) is 4.95. The lowest BCUT2D eigenvalue weighted by atomic mass is 10.1. The molecule has 0 bridgehead atoms. The predicted molar refractivity (Wildman–Crippen MR) is 112 cm³/mol. The van der Waals surface area contributed by atoms with E-state index in [2.05, 4.69) is 10.1 Å². The number of fused-ring (bicyclic) bond motifs is 1. The van der Waals surface area contributed by atoms with Crippen LogP contribution >= 0.6 is 11.6 Å². The monoisotopic (exact) mass is 433 g/mol. The van der Waals surface area contributed by atoms with E-state index in [1.807, 2.05) is 4.90 Å². The fourth-order valence-electron chi connectivity index (χ4n) is 3.40. The average Bonchev–Trinajstić information content (AvgIpc) is 3.03. The Morgan fingerprint density at radius 3 is 2.67 bits per heavy atom. The van der Waals surface area contributed by atoms with Gasteiger partial charge in [0.15, 0.2) is 5.65 Å². The highest BCUT2D eigenvalue weighted by molar-refractivity contribution is 6.31. The van der Waals surface area contributed by atoms with E-state index in [9.17, 15) is 9.18 Å². The molecule has 30 heavy (non-hydrogen) atoms. The lowest BCUT2D eigenvalue weighted by Gasteiger charge is -2.34. The molecule has 3 heterocycles. The fraction of sp³-hybridized carbons (Fsp3) is 0.368. The number of carbonyl (C=O) groups is 1. The van der Waals surface area contributed by atoms with E-state index in [0.717, 1.165) is 0 Å². The zero-order valence-electron chi connectivity index (χ0n) is 16.6. The van der Waals surface area contributed by atoms with E-state index in [1.54, 1.807) is 24.9 Å². The molecule has 0 atom stereocenters. The van der Waals surface area contributed by atoms with Gasteiger partial charge in [-0.05, 0) is 25.1 Å². The number of amides is 1. The third-order valence-electron chi connectivity index (χ3n) is 5.01. The highest BCUT2D eigenvalue weighted by Gasteiger charge is 2.25. The Morgan fingerprint density at radius 1 is 1.27 bits per heavy atom. The van der Waals surface area contributed by atoms with E-state index in [4.69, 9.17) is 27.1 Å². The maximum absolute atomic E-state index is 13.7. The van der Waals surface area contributed by atoms with Crippen LogP contribution in [0.2, 0.25) is 5.02 Å². The molecular weight excluding hydrogens is 413 g/mol. The van der Waals surface area contributed by atoms with Gasteiger partial charge in [0.05, 0.1) is 22.7 Å². The van der Waals surface area contributed by atoms with Crippen molar-refractivity contribution in [3.63, 3.8) is 0 Å². The van der Waals surface area contributed by atoms with Crippen molar-refractivity contribution >= 4 is 40.5 Å². The summed E-state index contributed by atoms with van der Waals surface area (Å²) in [5.41, 5.74) is 7.76. The molecule has 2 aromatic heterocycles. The molecule has 0 saturated carbocycles. The first kappa shape index (κ1) is 20.1. The minimum atomic E-state index is -0.514. The van der Waals surface area contributed by atoms with Crippen molar-refractivity contribution in [2.45, 2.75) is 6.92 Å². The lowest BCUT2D eigenvalue weighted by molar-refractivity contribution is 0.105. The van der Waals surface area contributed by atoms with Crippen LogP contribution < -0.4 is 10.6 Å². The van der Waals surface area contributed by atoms with Crippen LogP contribution in [0.25, 0.3) is 22.3 Å². The summed E-state index contributed by atoms with van der Waals surface area (Å²) in [7, 11) is 1.72. The number of hydrogen-bond donors (Lipinski definition) is 1. The topological polar surface area (TPSA) is 102 Å². The van der Waals surface area contributed by atoms with Crippen molar-refractivity contribution < 1.29 is 13.9 Å². The summed E-state index contributed by atoms with van der Waals surface area (Å²) in [4.78, 5) is 24.8. The van der Waals surface area contributed by atoms with Crippen LogP contribution in [0, 0.1) is 5.82 Å². The SMILES string of the molecule is CCOC(=O)N1CCN(c2nc(-c3ccc(F)c(Cl)c3)c3c(N)n(C)nc3n2)CC1. The number of nitrogens with zero attached hydrogens (tertiary/aromatic N) is 6. The molecule has 1 aliphatic rings. The molecule has 1 saturated heterocycles. The largest absolute Gasteiger partial charge is 0.450 e. The quantitative estimate of drug-likeness (QED) is 0.677. The number of ether oxygens (including phenoxy) is 1. The molecule has 11 heteroatoms. The van der Waals surface area contributed by atoms with Crippen LogP contribution in [-0.2, 0) is 11.8 Å². The van der Waals surface area contributed by atoms with Crippen LogP contribution in [0.4, 0.5) is 21.0 Å². The Labute approximate surface area is 177 Å². The number of rotatable bonds is 3. The van der Waals surface area contributed by atoms with Crippen LogP contribution in [0.3, 0.4) is 0 Å². The molecule has 4 rings (SSSR count). The summed E-state index contributed by atoms with van der Waals surface area (Å²) in [5.74, 6) is 0.346. The molecule has 1 aliphatic heterocycles. The summed E-state index contributed by atoms with van der Waals surface area (Å²) < 4.78 is 20.3. The van der Waals surface area contributed by atoms with Gasteiger partial charge >= 0.3 is 6.09 Å². The Kier molecular flexibility index (Phi) is 5.33. The number of carbonyl (C=O) groups excluding carboxylic acids is 1. The van der Waals surface area contributed by atoms with Gasteiger partial charge < -0.3 is 20.3 Å². The molecule has 2 N–H and O–H groups in total. The van der Waals surface area contributed by atoms with E-state index < -0.39 is 5.82 Å². The van der Waals surface area contributed by atoms with Gasteiger partial charge in [-0.3, -0.25) is 4.68 Å². The van der Waals surface area contributed by atoms with Gasteiger partial charge in [-0.1, -0.05) is 11.6 Å². The van der Waals surface area contributed by atoms with Crippen molar-refractivity contribution in [2.75, 3.05) is 43.4 Å². The predicted octanol–water partition coefficient (Wildman–Crippen LogP) is 2.68. The molecular formula is C19H21ClFN7O2. The van der Waals surface area contributed by atoms with E-state index >= 15 is 0 Å². The minimum absolute atomic E-state index is 0.00803. The second kappa shape index (κ2) is 7.94. The molecule has 1 aromatic carbocycles. The number of benzene rings is 1. The Morgan fingerprint density at radius 2 is 2.00 bits per heavy atom. The van der Waals surface area contributed by atoms with E-state index in [1.165, 1.54) is 16.8 Å². The molecule has 1 fully saturated rings. The summed E-state index contributed by atoms with van der Waals surface area (Å²) >= 11 is 5.99. The number of nitrogens with two attached hydrogens (primary N) is 1. The van der Waals surface area contributed by atoms with Crippen LogP contribution in [-0.4, -0.2) is 63.5 Å². The first-order valence-corrected chi connectivity index (χ1v) is 9.89. The lowest BCUT2D eigenvalue weighted by Crippen LogP contribution is -2.49. The molecule has 0 unspecified atom stereocenters. The van der Waals surface area contributed by atoms with E-state index in [-0.39, 0.29) is 11.1 Å². The van der Waals surface area contributed by atoms with Gasteiger partial charge in [0, 0.05) is 38.8 Å². The maximum atomic E-state index is 13.7. The van der Waals surface area contributed by atoms with Crippen LogP contribution in [0.1, 0.15) is 6.92 Å². The van der Waals surface area contributed by atoms with Crippen molar-refractivity contribution in [1.29, 1.82) is 0 Å². The molecule has 0 spiro atoms. The summed E-state index contributed by atoms with van der Waals surface area (Å²) in [6.07, 6.45) is -0.326. The highest BCUT2D eigenvalue weighted by Crippen LogP contribution is 2.33. The average molecular weight is 434 g/mol. The first-order valence-electron chi connectivity index (χ1n) is 9.51. The van der Waals surface area contributed by atoms with E-state index in [0.29, 0.717) is 66.8 Å². The van der Waals surface area contributed by atoms with Crippen molar-refractivity contribution in [3.8, 4) is 11.3 Å². The first-order chi connectivity index (χ1) is 14.4. The Balaban J connectivity index is 1.72. The van der Waals surface area contributed by atoms with Gasteiger partial charge in [-0.2, -0.15) is 10.1 Å².